The number of hydrogen-bond donors (Lipinski definition) is 2. The zero-order valence-electron chi connectivity index (χ0n) is 11.4. The number of thiophene rings is 1. The lowest BCUT2D eigenvalue weighted by Crippen LogP contribution is -2.12. The van der Waals surface area contributed by atoms with E-state index in [-0.39, 0.29) is 5.91 Å². The van der Waals surface area contributed by atoms with Crippen molar-refractivity contribution in [2.75, 3.05) is 5.32 Å². The van der Waals surface area contributed by atoms with Crippen LogP contribution in [0.15, 0.2) is 23.8 Å². The zero-order valence-corrected chi connectivity index (χ0v) is 12.3. The summed E-state index contributed by atoms with van der Waals surface area (Å²) in [6.07, 6.45) is 4.24. The highest BCUT2D eigenvalue weighted by atomic mass is 32.1. The van der Waals surface area contributed by atoms with Gasteiger partial charge in [-0.15, -0.1) is 11.3 Å². The van der Waals surface area contributed by atoms with Gasteiger partial charge in [0.1, 0.15) is 0 Å². The minimum absolute atomic E-state index is 0.120. The van der Waals surface area contributed by atoms with Gasteiger partial charge in [0.25, 0.3) is 5.91 Å². The van der Waals surface area contributed by atoms with Crippen molar-refractivity contribution in [3.63, 3.8) is 0 Å². The first-order chi connectivity index (χ1) is 9.08. The minimum Gasteiger partial charge on any atom is -0.321 e. The maximum absolute atomic E-state index is 12.0. The highest BCUT2D eigenvalue weighted by Crippen LogP contribution is 2.34. The van der Waals surface area contributed by atoms with E-state index < -0.39 is 0 Å². The molecular formula is C14H19N3OS. The van der Waals surface area contributed by atoms with Crippen molar-refractivity contribution >= 4 is 22.9 Å². The molecule has 0 aliphatic rings. The van der Waals surface area contributed by atoms with Crippen molar-refractivity contribution in [3.05, 3.63) is 34.3 Å². The van der Waals surface area contributed by atoms with Gasteiger partial charge in [-0.2, -0.15) is 5.10 Å². The highest BCUT2D eigenvalue weighted by molar-refractivity contribution is 7.10. The van der Waals surface area contributed by atoms with Gasteiger partial charge in [0, 0.05) is 11.1 Å². The Labute approximate surface area is 117 Å². The molecule has 0 aliphatic heterocycles. The van der Waals surface area contributed by atoms with E-state index >= 15 is 0 Å². The van der Waals surface area contributed by atoms with Gasteiger partial charge in [-0.25, -0.2) is 0 Å². The van der Waals surface area contributed by atoms with E-state index in [1.165, 1.54) is 11.1 Å². The Hall–Kier alpha value is -1.62. The summed E-state index contributed by atoms with van der Waals surface area (Å²) in [7, 11) is 0. The van der Waals surface area contributed by atoms with Crippen LogP contribution in [0, 0.1) is 5.92 Å². The fraction of sp³-hybridized carbons (Fsp3) is 0.429. The predicted octanol–water partition coefficient (Wildman–Crippen LogP) is 3.87. The number of anilines is 1. The van der Waals surface area contributed by atoms with Gasteiger partial charge in [-0.1, -0.05) is 20.8 Å². The van der Waals surface area contributed by atoms with Crippen LogP contribution >= 0.6 is 11.3 Å². The molecule has 0 bridgehead atoms. The van der Waals surface area contributed by atoms with Gasteiger partial charge in [0.2, 0.25) is 0 Å². The lowest BCUT2D eigenvalue weighted by Gasteiger charge is -2.14. The monoisotopic (exact) mass is 277 g/mol. The van der Waals surface area contributed by atoms with Crippen molar-refractivity contribution in [2.24, 2.45) is 5.92 Å². The molecule has 1 atom stereocenters. The third-order valence-corrected chi connectivity index (χ3v) is 4.12. The Balaban J connectivity index is 2.09. The number of carbonyl (C=O) groups is 1. The average Bonchev–Trinajstić information content (AvgIpc) is 2.98. The molecule has 0 saturated carbocycles. The van der Waals surface area contributed by atoms with Crippen LogP contribution in [0.5, 0.6) is 0 Å². The van der Waals surface area contributed by atoms with E-state index in [1.54, 1.807) is 17.5 Å². The van der Waals surface area contributed by atoms with Crippen LogP contribution in [0.4, 0.5) is 5.69 Å². The minimum atomic E-state index is -0.120. The first kappa shape index (κ1) is 13.8. The van der Waals surface area contributed by atoms with Crippen LogP contribution in [-0.2, 0) is 0 Å². The lowest BCUT2D eigenvalue weighted by molar-refractivity contribution is 0.102. The number of hydrogen-bond acceptors (Lipinski definition) is 3. The summed E-state index contributed by atoms with van der Waals surface area (Å²) >= 11 is 1.70. The van der Waals surface area contributed by atoms with Crippen LogP contribution in [0.25, 0.3) is 0 Å². The quantitative estimate of drug-likeness (QED) is 0.871. The van der Waals surface area contributed by atoms with Crippen molar-refractivity contribution in [3.8, 4) is 0 Å². The van der Waals surface area contributed by atoms with Crippen LogP contribution in [0.2, 0.25) is 0 Å². The van der Waals surface area contributed by atoms with Crippen LogP contribution in [0.3, 0.4) is 0 Å². The summed E-state index contributed by atoms with van der Waals surface area (Å²) in [5.41, 5.74) is 1.47. The Bertz CT molecular complexity index is 531. The molecular weight excluding hydrogens is 258 g/mol. The highest BCUT2D eigenvalue weighted by Gasteiger charge is 2.16. The number of H-pyrrole nitrogens is 1. The van der Waals surface area contributed by atoms with Crippen LogP contribution in [-0.4, -0.2) is 16.1 Å². The molecule has 102 valence electrons. The van der Waals surface area contributed by atoms with E-state index in [4.69, 9.17) is 0 Å². The zero-order chi connectivity index (χ0) is 13.8. The summed E-state index contributed by atoms with van der Waals surface area (Å²) < 4.78 is 0. The molecule has 2 aromatic rings. The SMILES string of the molecule is CC(C)CC(C)c1sccc1NC(=O)c1cn[nH]c1. The number of nitrogens with one attached hydrogen (secondary N) is 2. The molecule has 1 unspecified atom stereocenters. The molecule has 0 aromatic carbocycles. The summed E-state index contributed by atoms with van der Waals surface area (Å²) in [6.45, 7) is 6.64. The summed E-state index contributed by atoms with van der Waals surface area (Å²) in [6, 6.07) is 1.97. The Morgan fingerprint density at radius 3 is 2.89 bits per heavy atom. The van der Waals surface area contributed by atoms with E-state index in [0.717, 1.165) is 12.1 Å². The first-order valence-corrected chi connectivity index (χ1v) is 7.33. The second-order valence-electron chi connectivity index (χ2n) is 5.17. The molecule has 0 fully saturated rings. The van der Waals surface area contributed by atoms with Gasteiger partial charge in [0.05, 0.1) is 17.4 Å². The fourth-order valence-electron chi connectivity index (χ4n) is 2.19. The summed E-state index contributed by atoms with van der Waals surface area (Å²) in [5, 5.41) is 11.4. The Morgan fingerprint density at radius 1 is 1.47 bits per heavy atom. The van der Waals surface area contributed by atoms with Gasteiger partial charge in [-0.05, 0) is 29.7 Å². The number of amides is 1. The fourth-order valence-corrected chi connectivity index (χ4v) is 3.11. The van der Waals surface area contributed by atoms with Crippen molar-refractivity contribution < 1.29 is 4.79 Å². The molecule has 4 nitrogen and oxygen atoms in total. The lowest BCUT2D eigenvalue weighted by atomic mass is 9.97. The number of carbonyl (C=O) groups excluding carboxylic acids is 1. The van der Waals surface area contributed by atoms with Crippen molar-refractivity contribution in [2.45, 2.75) is 33.1 Å². The largest absolute Gasteiger partial charge is 0.321 e. The topological polar surface area (TPSA) is 57.8 Å². The predicted molar refractivity (Wildman–Crippen MR) is 78.7 cm³/mol. The standard InChI is InChI=1S/C14H19N3OS/c1-9(2)6-10(3)13-12(4-5-19-13)17-14(18)11-7-15-16-8-11/h4-5,7-10H,6H2,1-3H3,(H,15,16)(H,17,18). The van der Waals surface area contributed by atoms with Crippen LogP contribution in [0.1, 0.15) is 48.3 Å². The van der Waals surface area contributed by atoms with Crippen molar-refractivity contribution in [1.82, 2.24) is 10.2 Å². The van der Waals surface area contributed by atoms with E-state index in [9.17, 15) is 4.79 Å². The second-order valence-corrected chi connectivity index (χ2v) is 6.12. The Kier molecular flexibility index (Phi) is 4.37. The molecule has 2 aromatic heterocycles. The Morgan fingerprint density at radius 2 is 2.26 bits per heavy atom. The van der Waals surface area contributed by atoms with Gasteiger partial charge in [0.15, 0.2) is 0 Å². The third-order valence-electron chi connectivity index (χ3n) is 2.98. The molecule has 2 rings (SSSR count). The summed E-state index contributed by atoms with van der Waals surface area (Å²) in [5.74, 6) is 0.985. The smallest absolute Gasteiger partial charge is 0.258 e. The summed E-state index contributed by atoms with van der Waals surface area (Å²) in [4.78, 5) is 13.2. The van der Waals surface area contributed by atoms with E-state index in [0.29, 0.717) is 17.4 Å². The molecule has 1 amide bonds. The number of nitrogens with zero attached hydrogens (tertiary/aromatic N) is 1. The van der Waals surface area contributed by atoms with E-state index in [1.807, 2.05) is 11.4 Å². The van der Waals surface area contributed by atoms with Crippen LogP contribution < -0.4 is 5.32 Å². The average molecular weight is 277 g/mol. The van der Waals surface area contributed by atoms with E-state index in [2.05, 4.69) is 36.3 Å². The number of rotatable bonds is 5. The van der Waals surface area contributed by atoms with Gasteiger partial charge >= 0.3 is 0 Å². The van der Waals surface area contributed by atoms with Crippen molar-refractivity contribution in [1.29, 1.82) is 0 Å². The number of aromatic amines is 1. The maximum atomic E-state index is 12.0. The molecule has 5 heteroatoms. The molecule has 2 N–H and O–H groups in total. The molecule has 0 spiro atoms. The second kappa shape index (κ2) is 6.02. The maximum Gasteiger partial charge on any atom is 0.258 e. The third kappa shape index (κ3) is 3.44. The molecule has 19 heavy (non-hydrogen) atoms. The molecule has 0 saturated heterocycles. The first-order valence-electron chi connectivity index (χ1n) is 6.45. The number of aromatic nitrogens is 2. The molecule has 0 aliphatic carbocycles. The molecule has 2 heterocycles. The molecule has 0 radical (unpaired) electrons. The normalized spacial score (nSPS) is 12.6. The van der Waals surface area contributed by atoms with Gasteiger partial charge < -0.3 is 5.32 Å². The van der Waals surface area contributed by atoms with Gasteiger partial charge in [-0.3, -0.25) is 9.89 Å².